The molecule has 0 bridgehead atoms. The van der Waals surface area contributed by atoms with Crippen LogP contribution in [0, 0.1) is 0 Å². The molecule has 1 saturated carbocycles. The quantitative estimate of drug-likeness (QED) is 0.837. The summed E-state index contributed by atoms with van der Waals surface area (Å²) in [6.07, 6.45) is 4.11. The first-order chi connectivity index (χ1) is 7.55. The minimum Gasteiger partial charge on any atom is -0.481 e. The zero-order valence-electron chi connectivity index (χ0n) is 9.00. The summed E-state index contributed by atoms with van der Waals surface area (Å²) in [6.45, 7) is 0. The molecule has 1 aromatic carbocycles. The third-order valence-electron chi connectivity index (χ3n) is 3.06. The van der Waals surface area contributed by atoms with Crippen LogP contribution < -0.4 is 0 Å². The van der Waals surface area contributed by atoms with Crippen LogP contribution in [0.1, 0.15) is 24.8 Å². The predicted molar refractivity (Wildman–Crippen MR) is 66.4 cm³/mol. The molecule has 16 heavy (non-hydrogen) atoms. The second kappa shape index (κ2) is 4.30. The Morgan fingerprint density at radius 3 is 2.69 bits per heavy atom. The third kappa shape index (κ3) is 2.36. The molecule has 0 amide bonds. The van der Waals surface area contributed by atoms with Gasteiger partial charge in [0.2, 0.25) is 0 Å². The van der Waals surface area contributed by atoms with Crippen molar-refractivity contribution >= 4 is 29.3 Å². The zero-order valence-corrected chi connectivity index (χ0v) is 10.6. The number of rotatable bonds is 4. The molecular formula is C12H13ClO2S. The lowest BCUT2D eigenvalue weighted by molar-refractivity contribution is -0.137. The average Bonchev–Trinajstić information content (AvgIpc) is 2.97. The lowest BCUT2D eigenvalue weighted by Gasteiger charge is -2.14. The van der Waals surface area contributed by atoms with Gasteiger partial charge in [-0.15, -0.1) is 11.8 Å². The van der Waals surface area contributed by atoms with E-state index >= 15 is 0 Å². The van der Waals surface area contributed by atoms with E-state index in [4.69, 9.17) is 16.7 Å². The Morgan fingerprint density at radius 2 is 2.19 bits per heavy atom. The van der Waals surface area contributed by atoms with Gasteiger partial charge in [0.25, 0.3) is 0 Å². The lowest BCUT2D eigenvalue weighted by Crippen LogP contribution is -2.12. The molecule has 0 spiro atoms. The van der Waals surface area contributed by atoms with E-state index in [-0.39, 0.29) is 11.8 Å². The zero-order chi connectivity index (χ0) is 11.8. The van der Waals surface area contributed by atoms with E-state index in [1.165, 1.54) is 0 Å². The number of carboxylic acids is 1. The van der Waals surface area contributed by atoms with Gasteiger partial charge < -0.3 is 5.11 Å². The van der Waals surface area contributed by atoms with Gasteiger partial charge in [-0.2, -0.15) is 0 Å². The molecule has 0 heterocycles. The summed E-state index contributed by atoms with van der Waals surface area (Å²) >= 11 is 7.67. The maximum atomic E-state index is 10.8. The molecule has 2 nitrogen and oxygen atoms in total. The van der Waals surface area contributed by atoms with Crippen molar-refractivity contribution in [1.29, 1.82) is 0 Å². The van der Waals surface area contributed by atoms with Crippen LogP contribution in [-0.4, -0.2) is 17.3 Å². The summed E-state index contributed by atoms with van der Waals surface area (Å²) in [6, 6.07) is 5.87. The first-order valence-corrected chi connectivity index (χ1v) is 6.73. The summed E-state index contributed by atoms with van der Waals surface area (Å²) in [5.74, 6) is -0.733. The van der Waals surface area contributed by atoms with Gasteiger partial charge >= 0.3 is 5.97 Å². The van der Waals surface area contributed by atoms with E-state index in [0.29, 0.717) is 5.02 Å². The molecule has 0 unspecified atom stereocenters. The van der Waals surface area contributed by atoms with Crippen molar-refractivity contribution in [2.75, 3.05) is 6.26 Å². The Hall–Kier alpha value is -0.670. The number of halogens is 1. The van der Waals surface area contributed by atoms with Crippen LogP contribution in [0.25, 0.3) is 0 Å². The van der Waals surface area contributed by atoms with Gasteiger partial charge in [0.1, 0.15) is 0 Å². The fourth-order valence-electron chi connectivity index (χ4n) is 1.99. The SMILES string of the molecule is CSc1cc(Cl)cc(C2(CC(=O)O)CC2)c1. The van der Waals surface area contributed by atoms with Crippen molar-refractivity contribution in [3.63, 3.8) is 0 Å². The van der Waals surface area contributed by atoms with E-state index in [9.17, 15) is 4.79 Å². The monoisotopic (exact) mass is 256 g/mol. The molecule has 0 aromatic heterocycles. The van der Waals surface area contributed by atoms with Crippen LogP contribution in [0.2, 0.25) is 5.02 Å². The molecule has 1 aliphatic rings. The number of carboxylic acid groups (broad SMARTS) is 1. The molecule has 1 aliphatic carbocycles. The molecule has 1 fully saturated rings. The summed E-state index contributed by atoms with van der Waals surface area (Å²) in [5, 5.41) is 9.60. The Morgan fingerprint density at radius 1 is 1.50 bits per heavy atom. The van der Waals surface area contributed by atoms with Crippen LogP contribution >= 0.6 is 23.4 Å². The van der Waals surface area contributed by atoms with Gasteiger partial charge in [-0.25, -0.2) is 0 Å². The van der Waals surface area contributed by atoms with Crippen molar-refractivity contribution in [2.45, 2.75) is 29.6 Å². The number of benzene rings is 1. The van der Waals surface area contributed by atoms with Gasteiger partial charge in [0, 0.05) is 15.3 Å². The molecule has 0 radical (unpaired) electrons. The van der Waals surface area contributed by atoms with Gasteiger partial charge in [0.15, 0.2) is 0 Å². The number of aliphatic carboxylic acids is 1. The largest absolute Gasteiger partial charge is 0.481 e. The molecule has 1 N–H and O–H groups in total. The fourth-order valence-corrected chi connectivity index (χ4v) is 2.78. The highest BCUT2D eigenvalue weighted by atomic mass is 35.5. The minimum atomic E-state index is -0.733. The third-order valence-corrected chi connectivity index (χ3v) is 3.99. The summed E-state index contributed by atoms with van der Waals surface area (Å²) in [7, 11) is 0. The lowest BCUT2D eigenvalue weighted by atomic mass is 9.92. The molecule has 2 rings (SSSR count). The van der Waals surface area contributed by atoms with Crippen molar-refractivity contribution in [1.82, 2.24) is 0 Å². The standard InChI is InChI=1S/C12H13ClO2S/c1-16-10-5-8(4-9(13)6-10)12(2-3-12)7-11(14)15/h4-6H,2-3,7H2,1H3,(H,14,15). The van der Waals surface area contributed by atoms with Crippen molar-refractivity contribution in [2.24, 2.45) is 0 Å². The highest BCUT2D eigenvalue weighted by molar-refractivity contribution is 7.98. The van der Waals surface area contributed by atoms with Gasteiger partial charge in [-0.1, -0.05) is 11.6 Å². The molecule has 0 saturated heterocycles. The number of hydrogen-bond acceptors (Lipinski definition) is 2. The average molecular weight is 257 g/mol. The normalized spacial score (nSPS) is 17.1. The maximum Gasteiger partial charge on any atom is 0.304 e. The molecule has 1 aromatic rings. The fraction of sp³-hybridized carbons (Fsp3) is 0.417. The number of carbonyl (C=O) groups is 1. The van der Waals surface area contributed by atoms with Crippen LogP contribution in [0.15, 0.2) is 23.1 Å². The van der Waals surface area contributed by atoms with E-state index in [1.54, 1.807) is 11.8 Å². The van der Waals surface area contributed by atoms with Crippen LogP contribution in [0.3, 0.4) is 0 Å². The molecule has 4 heteroatoms. The Labute approximate surface area is 104 Å². The summed E-state index contributed by atoms with van der Waals surface area (Å²) in [5.41, 5.74) is 0.924. The molecular weight excluding hydrogens is 244 g/mol. The number of thioether (sulfide) groups is 1. The highest BCUT2D eigenvalue weighted by Crippen LogP contribution is 2.52. The van der Waals surface area contributed by atoms with Crippen LogP contribution in [0.5, 0.6) is 0 Å². The topological polar surface area (TPSA) is 37.3 Å². The first-order valence-electron chi connectivity index (χ1n) is 5.13. The van der Waals surface area contributed by atoms with E-state index in [1.807, 2.05) is 18.4 Å². The second-order valence-electron chi connectivity index (χ2n) is 4.23. The van der Waals surface area contributed by atoms with E-state index < -0.39 is 5.97 Å². The second-order valence-corrected chi connectivity index (χ2v) is 5.55. The first kappa shape index (κ1) is 11.8. The van der Waals surface area contributed by atoms with Gasteiger partial charge in [-0.05, 0) is 42.9 Å². The van der Waals surface area contributed by atoms with E-state index in [2.05, 4.69) is 6.07 Å². The van der Waals surface area contributed by atoms with Crippen molar-refractivity contribution < 1.29 is 9.90 Å². The van der Waals surface area contributed by atoms with Crippen LogP contribution in [-0.2, 0) is 10.2 Å². The predicted octanol–water partition coefficient (Wildman–Crippen LogP) is 3.57. The molecule has 0 atom stereocenters. The highest BCUT2D eigenvalue weighted by Gasteiger charge is 2.46. The van der Waals surface area contributed by atoms with Crippen molar-refractivity contribution in [3.05, 3.63) is 28.8 Å². The Bertz CT molecular complexity index is 427. The summed E-state index contributed by atoms with van der Waals surface area (Å²) in [4.78, 5) is 11.9. The Balaban J connectivity index is 2.33. The van der Waals surface area contributed by atoms with Gasteiger partial charge in [-0.3, -0.25) is 4.79 Å². The smallest absolute Gasteiger partial charge is 0.304 e. The summed E-state index contributed by atoms with van der Waals surface area (Å²) < 4.78 is 0. The Kier molecular flexibility index (Phi) is 3.17. The van der Waals surface area contributed by atoms with Crippen molar-refractivity contribution in [3.8, 4) is 0 Å². The number of hydrogen-bond donors (Lipinski definition) is 1. The minimum absolute atomic E-state index is 0.152. The van der Waals surface area contributed by atoms with Gasteiger partial charge in [0.05, 0.1) is 6.42 Å². The van der Waals surface area contributed by atoms with Crippen LogP contribution in [0.4, 0.5) is 0 Å². The maximum absolute atomic E-state index is 10.8. The molecule has 0 aliphatic heterocycles. The molecule has 86 valence electrons. The van der Waals surface area contributed by atoms with E-state index in [0.717, 1.165) is 23.3 Å².